The Labute approximate surface area is 144 Å². The van der Waals surface area contributed by atoms with Crippen LogP contribution < -0.4 is 13.8 Å². The van der Waals surface area contributed by atoms with Crippen LogP contribution >= 0.6 is 0 Å². The lowest BCUT2D eigenvalue weighted by molar-refractivity contribution is 0.354. The minimum atomic E-state index is -4.03. The van der Waals surface area contributed by atoms with Gasteiger partial charge in [0.05, 0.1) is 24.8 Å². The molecule has 0 bridgehead atoms. The van der Waals surface area contributed by atoms with Crippen molar-refractivity contribution < 1.29 is 26.7 Å². The van der Waals surface area contributed by atoms with Crippen LogP contribution in [0, 0.1) is 11.6 Å². The van der Waals surface area contributed by atoms with E-state index >= 15 is 0 Å². The number of hydrogen-bond acceptors (Lipinski definition) is 4. The molecule has 3 rings (SSSR count). The van der Waals surface area contributed by atoms with Gasteiger partial charge in [-0.15, -0.1) is 0 Å². The first kappa shape index (κ1) is 17.5. The Balaban J connectivity index is 2.11. The van der Waals surface area contributed by atoms with E-state index in [9.17, 15) is 17.2 Å². The van der Waals surface area contributed by atoms with Crippen molar-refractivity contribution in [3.63, 3.8) is 0 Å². The summed E-state index contributed by atoms with van der Waals surface area (Å²) < 4.78 is 65.0. The highest BCUT2D eigenvalue weighted by atomic mass is 32.2. The molecular weight excluding hydrogens is 352 g/mol. The van der Waals surface area contributed by atoms with E-state index < -0.39 is 21.7 Å². The molecule has 2 aromatic rings. The Morgan fingerprint density at radius 3 is 2.44 bits per heavy atom. The van der Waals surface area contributed by atoms with Gasteiger partial charge in [0.2, 0.25) is 0 Å². The van der Waals surface area contributed by atoms with Gasteiger partial charge in [-0.3, -0.25) is 4.31 Å². The first-order chi connectivity index (χ1) is 11.9. The van der Waals surface area contributed by atoms with Gasteiger partial charge in [0.25, 0.3) is 10.0 Å². The van der Waals surface area contributed by atoms with Gasteiger partial charge in [-0.1, -0.05) is 0 Å². The number of anilines is 1. The fourth-order valence-electron chi connectivity index (χ4n) is 2.96. The number of fused-ring (bicyclic) bond motifs is 1. The van der Waals surface area contributed by atoms with E-state index in [1.54, 1.807) is 0 Å². The number of hydrogen-bond donors (Lipinski definition) is 0. The van der Waals surface area contributed by atoms with Crippen LogP contribution in [-0.2, 0) is 16.4 Å². The standard InChI is InChI=1S/C17H17F2NO4S/c1-23-15-6-5-13(10-16(15)24-2)25(21,22)20-7-3-4-11-8-12(18)9-14(19)17(11)20/h5-6,8-10H,3-4,7H2,1-2H3. The van der Waals surface area contributed by atoms with E-state index in [-0.39, 0.29) is 22.9 Å². The van der Waals surface area contributed by atoms with Crippen LogP contribution in [0.25, 0.3) is 0 Å². The van der Waals surface area contributed by atoms with Gasteiger partial charge < -0.3 is 9.47 Å². The highest BCUT2D eigenvalue weighted by molar-refractivity contribution is 7.92. The van der Waals surface area contributed by atoms with Gasteiger partial charge in [0, 0.05) is 18.7 Å². The molecule has 0 saturated heterocycles. The molecule has 5 nitrogen and oxygen atoms in total. The van der Waals surface area contributed by atoms with Crippen molar-refractivity contribution in [2.75, 3.05) is 25.1 Å². The van der Waals surface area contributed by atoms with E-state index in [1.165, 1.54) is 38.5 Å². The summed E-state index contributed by atoms with van der Waals surface area (Å²) in [4.78, 5) is -0.0540. The molecule has 0 spiro atoms. The Morgan fingerprint density at radius 2 is 1.76 bits per heavy atom. The summed E-state index contributed by atoms with van der Waals surface area (Å²) in [5.41, 5.74) is 0.246. The maximum Gasteiger partial charge on any atom is 0.264 e. The summed E-state index contributed by atoms with van der Waals surface area (Å²) in [6.45, 7) is 0.117. The van der Waals surface area contributed by atoms with E-state index in [0.717, 1.165) is 4.31 Å². The molecule has 0 unspecified atom stereocenters. The van der Waals surface area contributed by atoms with Crippen molar-refractivity contribution in [2.45, 2.75) is 17.7 Å². The molecule has 0 saturated carbocycles. The smallest absolute Gasteiger partial charge is 0.264 e. The molecule has 0 aliphatic carbocycles. The summed E-state index contributed by atoms with van der Waals surface area (Å²) >= 11 is 0. The fourth-order valence-corrected chi connectivity index (χ4v) is 4.52. The number of aryl methyl sites for hydroxylation is 1. The maximum absolute atomic E-state index is 14.3. The van der Waals surface area contributed by atoms with Gasteiger partial charge in [-0.25, -0.2) is 17.2 Å². The molecule has 0 aromatic heterocycles. The molecular formula is C17H17F2NO4S. The Kier molecular flexibility index (Phi) is 4.55. The summed E-state index contributed by atoms with van der Waals surface area (Å²) in [5, 5.41) is 0. The van der Waals surface area contributed by atoms with Crippen LogP contribution in [0.15, 0.2) is 35.2 Å². The summed E-state index contributed by atoms with van der Waals surface area (Å²) in [6.07, 6.45) is 0.893. The monoisotopic (exact) mass is 369 g/mol. The largest absolute Gasteiger partial charge is 0.493 e. The molecule has 0 N–H and O–H groups in total. The van der Waals surface area contributed by atoms with Crippen LogP contribution in [0.3, 0.4) is 0 Å². The molecule has 1 aliphatic rings. The van der Waals surface area contributed by atoms with Crippen LogP contribution in [0.1, 0.15) is 12.0 Å². The van der Waals surface area contributed by atoms with Crippen molar-refractivity contribution in [3.8, 4) is 11.5 Å². The lowest BCUT2D eigenvalue weighted by Crippen LogP contribution is -2.36. The van der Waals surface area contributed by atoms with E-state index in [2.05, 4.69) is 0 Å². The third kappa shape index (κ3) is 3.02. The molecule has 134 valence electrons. The minimum Gasteiger partial charge on any atom is -0.493 e. The van der Waals surface area contributed by atoms with Crippen molar-refractivity contribution in [2.24, 2.45) is 0 Å². The number of ether oxygens (including phenoxy) is 2. The van der Waals surface area contributed by atoms with Crippen molar-refractivity contribution in [1.82, 2.24) is 0 Å². The zero-order valence-corrected chi connectivity index (χ0v) is 14.6. The Morgan fingerprint density at radius 1 is 1.04 bits per heavy atom. The summed E-state index contributed by atoms with van der Waals surface area (Å²) in [6, 6.07) is 6.03. The second kappa shape index (κ2) is 6.51. The van der Waals surface area contributed by atoms with Crippen molar-refractivity contribution in [1.29, 1.82) is 0 Å². The topological polar surface area (TPSA) is 55.8 Å². The van der Waals surface area contributed by atoms with Gasteiger partial charge in [0.15, 0.2) is 17.3 Å². The lowest BCUT2D eigenvalue weighted by atomic mass is 10.0. The van der Waals surface area contributed by atoms with Gasteiger partial charge in [-0.2, -0.15) is 0 Å². The van der Waals surface area contributed by atoms with Crippen LogP contribution in [0.4, 0.5) is 14.5 Å². The predicted molar refractivity (Wildman–Crippen MR) is 88.8 cm³/mol. The summed E-state index contributed by atoms with van der Waals surface area (Å²) in [5.74, 6) is -0.977. The normalized spacial score (nSPS) is 14.2. The number of sulfonamides is 1. The molecule has 0 radical (unpaired) electrons. The molecule has 25 heavy (non-hydrogen) atoms. The number of nitrogens with zero attached hydrogens (tertiary/aromatic N) is 1. The van der Waals surface area contributed by atoms with E-state index in [4.69, 9.17) is 9.47 Å². The molecule has 0 fully saturated rings. The average Bonchev–Trinajstić information content (AvgIpc) is 2.60. The number of benzene rings is 2. The predicted octanol–water partition coefficient (Wildman–Crippen LogP) is 3.12. The second-order valence-corrected chi connectivity index (χ2v) is 7.46. The minimum absolute atomic E-state index is 0.0540. The highest BCUT2D eigenvalue weighted by Crippen LogP contribution is 2.37. The zero-order valence-electron chi connectivity index (χ0n) is 13.8. The third-order valence-electron chi connectivity index (χ3n) is 4.11. The third-order valence-corrected chi connectivity index (χ3v) is 5.90. The molecule has 2 aromatic carbocycles. The van der Waals surface area contributed by atoms with Gasteiger partial charge in [-0.05, 0) is 36.6 Å². The quantitative estimate of drug-likeness (QED) is 0.831. The van der Waals surface area contributed by atoms with Crippen LogP contribution in [0.5, 0.6) is 11.5 Å². The SMILES string of the molecule is COc1ccc(S(=O)(=O)N2CCCc3cc(F)cc(F)c32)cc1OC. The first-order valence-corrected chi connectivity index (χ1v) is 9.05. The van der Waals surface area contributed by atoms with Crippen LogP contribution in [-0.4, -0.2) is 29.2 Å². The number of rotatable bonds is 4. The molecule has 0 atom stereocenters. The number of methoxy groups -OCH3 is 2. The Bertz CT molecular complexity index is 915. The van der Waals surface area contributed by atoms with E-state index in [1.807, 2.05) is 0 Å². The first-order valence-electron chi connectivity index (χ1n) is 7.61. The summed E-state index contributed by atoms with van der Waals surface area (Å²) in [7, 11) is -1.20. The second-order valence-electron chi connectivity index (χ2n) is 5.59. The highest BCUT2D eigenvalue weighted by Gasteiger charge is 2.32. The lowest BCUT2D eigenvalue weighted by Gasteiger charge is -2.31. The fraction of sp³-hybridized carbons (Fsp3) is 0.294. The number of halogens is 2. The van der Waals surface area contributed by atoms with E-state index in [0.29, 0.717) is 30.2 Å². The van der Waals surface area contributed by atoms with Crippen LogP contribution in [0.2, 0.25) is 0 Å². The maximum atomic E-state index is 14.3. The molecule has 1 heterocycles. The van der Waals surface area contributed by atoms with Gasteiger partial charge in [0.1, 0.15) is 5.82 Å². The van der Waals surface area contributed by atoms with Gasteiger partial charge >= 0.3 is 0 Å². The molecule has 1 aliphatic heterocycles. The molecule has 8 heteroatoms. The zero-order chi connectivity index (χ0) is 18.2. The Hall–Kier alpha value is -2.35. The average molecular weight is 369 g/mol. The van der Waals surface area contributed by atoms with Crippen molar-refractivity contribution >= 4 is 15.7 Å². The van der Waals surface area contributed by atoms with Crippen molar-refractivity contribution in [3.05, 3.63) is 47.5 Å². The molecule has 0 amide bonds.